The summed E-state index contributed by atoms with van der Waals surface area (Å²) in [4.78, 5) is 3.93. The van der Waals surface area contributed by atoms with Gasteiger partial charge in [0.15, 0.2) is 0 Å². The Morgan fingerprint density at radius 2 is 2.00 bits per heavy atom. The molecule has 0 aromatic carbocycles. The van der Waals surface area contributed by atoms with Gasteiger partial charge in [0.1, 0.15) is 0 Å². The molecule has 18 heavy (non-hydrogen) atoms. The first-order valence-corrected chi connectivity index (χ1v) is 7.18. The summed E-state index contributed by atoms with van der Waals surface area (Å²) in [6, 6.07) is 0.464. The minimum absolute atomic E-state index is 0.464. The highest BCUT2D eigenvalue weighted by atomic mass is 35.5. The number of hydrogen-bond donors (Lipinski definition) is 0. The Labute approximate surface area is 118 Å². The van der Waals surface area contributed by atoms with Crippen molar-refractivity contribution < 1.29 is 0 Å². The molecule has 1 aliphatic carbocycles. The van der Waals surface area contributed by atoms with E-state index in [0.717, 1.165) is 23.6 Å². The lowest BCUT2D eigenvalue weighted by atomic mass is 10.3. The van der Waals surface area contributed by atoms with Crippen molar-refractivity contribution in [3.63, 3.8) is 0 Å². The quantitative estimate of drug-likeness (QED) is 0.813. The molecule has 0 saturated heterocycles. The molecule has 0 aliphatic heterocycles. The first-order valence-electron chi connectivity index (χ1n) is 5.44. The molecular formula is C10H9Cl2N5S. The van der Waals surface area contributed by atoms with Crippen LogP contribution in [-0.2, 0) is 5.75 Å². The molecule has 0 radical (unpaired) electrons. The monoisotopic (exact) mass is 301 g/mol. The second-order valence-corrected chi connectivity index (χ2v) is 5.76. The van der Waals surface area contributed by atoms with Gasteiger partial charge in [0.2, 0.25) is 5.16 Å². The van der Waals surface area contributed by atoms with E-state index in [1.807, 2.05) is 4.68 Å². The van der Waals surface area contributed by atoms with E-state index in [-0.39, 0.29) is 0 Å². The normalized spacial score (nSPS) is 15.0. The number of rotatable bonds is 4. The first kappa shape index (κ1) is 12.2. The van der Waals surface area contributed by atoms with Crippen LogP contribution >= 0.6 is 35.0 Å². The van der Waals surface area contributed by atoms with E-state index in [0.29, 0.717) is 21.8 Å². The van der Waals surface area contributed by atoms with Crippen molar-refractivity contribution in [1.82, 2.24) is 25.2 Å². The van der Waals surface area contributed by atoms with E-state index < -0.39 is 0 Å². The number of aromatic nitrogens is 5. The molecule has 2 heterocycles. The molecule has 0 atom stereocenters. The van der Waals surface area contributed by atoms with Crippen LogP contribution < -0.4 is 0 Å². The van der Waals surface area contributed by atoms with Crippen LogP contribution in [0.4, 0.5) is 0 Å². The van der Waals surface area contributed by atoms with Crippen LogP contribution in [0.15, 0.2) is 17.6 Å². The third kappa shape index (κ3) is 2.46. The molecule has 2 aromatic rings. The van der Waals surface area contributed by atoms with Crippen molar-refractivity contribution in [2.45, 2.75) is 29.8 Å². The topological polar surface area (TPSA) is 56.5 Å². The molecule has 1 fully saturated rings. The summed E-state index contributed by atoms with van der Waals surface area (Å²) in [6.07, 6.45) is 5.48. The van der Waals surface area contributed by atoms with Crippen LogP contribution in [0.2, 0.25) is 10.0 Å². The summed E-state index contributed by atoms with van der Waals surface area (Å²) in [6.45, 7) is 0. The lowest BCUT2D eigenvalue weighted by molar-refractivity contribution is 0.565. The third-order valence-electron chi connectivity index (χ3n) is 2.65. The van der Waals surface area contributed by atoms with Gasteiger partial charge >= 0.3 is 0 Å². The molecule has 0 bridgehead atoms. The standard InChI is InChI=1S/C10H9Cl2N5S/c11-8-3-13-4-9(12)7(8)5-18-10-14-15-16-17(10)6-1-2-6/h3-4,6H,1-2,5H2. The Bertz CT molecular complexity index is 549. The summed E-state index contributed by atoms with van der Waals surface area (Å²) in [5, 5.41) is 13.7. The van der Waals surface area contributed by atoms with Crippen molar-refractivity contribution in [3.8, 4) is 0 Å². The average Bonchev–Trinajstić information content (AvgIpc) is 3.09. The van der Waals surface area contributed by atoms with E-state index in [4.69, 9.17) is 23.2 Å². The Kier molecular flexibility index (Phi) is 3.41. The van der Waals surface area contributed by atoms with Gasteiger partial charge in [0.05, 0.1) is 16.1 Å². The molecule has 5 nitrogen and oxygen atoms in total. The van der Waals surface area contributed by atoms with Crippen molar-refractivity contribution in [1.29, 1.82) is 0 Å². The lowest BCUT2D eigenvalue weighted by Crippen LogP contribution is -1.99. The number of tetrazole rings is 1. The predicted octanol–water partition coefficient (Wildman–Crippen LogP) is 3.00. The molecule has 3 rings (SSSR count). The Balaban J connectivity index is 1.76. The predicted molar refractivity (Wildman–Crippen MR) is 69.9 cm³/mol. The summed E-state index contributed by atoms with van der Waals surface area (Å²) in [7, 11) is 0. The minimum atomic E-state index is 0.464. The van der Waals surface area contributed by atoms with Crippen molar-refractivity contribution >= 4 is 35.0 Å². The molecule has 0 spiro atoms. The van der Waals surface area contributed by atoms with E-state index in [9.17, 15) is 0 Å². The number of thioether (sulfide) groups is 1. The number of pyridine rings is 1. The maximum Gasteiger partial charge on any atom is 0.209 e. The molecule has 1 saturated carbocycles. The fourth-order valence-corrected chi connectivity index (χ4v) is 3.19. The maximum absolute atomic E-state index is 6.07. The van der Waals surface area contributed by atoms with Gasteiger partial charge in [0.25, 0.3) is 0 Å². The van der Waals surface area contributed by atoms with E-state index >= 15 is 0 Å². The van der Waals surface area contributed by atoms with E-state index in [1.54, 1.807) is 12.4 Å². The maximum atomic E-state index is 6.07. The van der Waals surface area contributed by atoms with Gasteiger partial charge in [-0.2, -0.15) is 0 Å². The Morgan fingerprint density at radius 3 is 2.67 bits per heavy atom. The van der Waals surface area contributed by atoms with Gasteiger partial charge in [0, 0.05) is 23.7 Å². The lowest BCUT2D eigenvalue weighted by Gasteiger charge is -2.05. The van der Waals surface area contributed by atoms with Gasteiger partial charge in [-0.3, -0.25) is 4.98 Å². The molecule has 94 valence electrons. The fraction of sp³-hybridized carbons (Fsp3) is 0.400. The zero-order valence-electron chi connectivity index (χ0n) is 9.25. The summed E-state index contributed by atoms with van der Waals surface area (Å²) in [5.41, 5.74) is 0.865. The first-order chi connectivity index (χ1) is 8.75. The second-order valence-electron chi connectivity index (χ2n) is 4.01. The second kappa shape index (κ2) is 5.03. The van der Waals surface area contributed by atoms with Crippen molar-refractivity contribution in [2.24, 2.45) is 0 Å². The largest absolute Gasteiger partial charge is 0.262 e. The minimum Gasteiger partial charge on any atom is -0.262 e. The number of nitrogens with zero attached hydrogens (tertiary/aromatic N) is 5. The molecule has 1 aliphatic rings. The molecule has 0 amide bonds. The Hall–Kier alpha value is -0.850. The van der Waals surface area contributed by atoms with Gasteiger partial charge in [-0.15, -0.1) is 5.10 Å². The Morgan fingerprint density at radius 1 is 1.28 bits per heavy atom. The van der Waals surface area contributed by atoms with Crippen LogP contribution in [0.3, 0.4) is 0 Å². The SMILES string of the molecule is Clc1cncc(Cl)c1CSc1nnnn1C1CC1. The van der Waals surface area contributed by atoms with Gasteiger partial charge in [-0.1, -0.05) is 35.0 Å². The fourth-order valence-electron chi connectivity index (χ4n) is 1.54. The van der Waals surface area contributed by atoms with E-state index in [1.165, 1.54) is 11.8 Å². The number of hydrogen-bond acceptors (Lipinski definition) is 5. The highest BCUT2D eigenvalue weighted by molar-refractivity contribution is 7.98. The van der Waals surface area contributed by atoms with Crippen LogP contribution in [-0.4, -0.2) is 25.2 Å². The van der Waals surface area contributed by atoms with Crippen LogP contribution in [0.1, 0.15) is 24.4 Å². The van der Waals surface area contributed by atoms with Crippen molar-refractivity contribution in [3.05, 3.63) is 28.0 Å². The van der Waals surface area contributed by atoms with Gasteiger partial charge in [-0.25, -0.2) is 4.68 Å². The van der Waals surface area contributed by atoms with Gasteiger partial charge < -0.3 is 0 Å². The van der Waals surface area contributed by atoms with Crippen molar-refractivity contribution in [2.75, 3.05) is 0 Å². The molecule has 2 aromatic heterocycles. The van der Waals surface area contributed by atoms with Crippen LogP contribution in [0.5, 0.6) is 0 Å². The number of halogens is 2. The van der Waals surface area contributed by atoms with E-state index in [2.05, 4.69) is 20.5 Å². The zero-order chi connectivity index (χ0) is 12.5. The highest BCUT2D eigenvalue weighted by Gasteiger charge is 2.28. The van der Waals surface area contributed by atoms with Crippen LogP contribution in [0, 0.1) is 0 Å². The zero-order valence-corrected chi connectivity index (χ0v) is 11.6. The summed E-state index contributed by atoms with van der Waals surface area (Å²) >= 11 is 13.7. The average molecular weight is 302 g/mol. The molecule has 0 unspecified atom stereocenters. The smallest absolute Gasteiger partial charge is 0.209 e. The molecular weight excluding hydrogens is 293 g/mol. The summed E-state index contributed by atoms with van der Waals surface area (Å²) < 4.78 is 1.87. The highest BCUT2D eigenvalue weighted by Crippen LogP contribution is 2.37. The summed E-state index contributed by atoms with van der Waals surface area (Å²) in [5.74, 6) is 0.632. The molecule has 0 N–H and O–H groups in total. The van der Waals surface area contributed by atoms with Crippen LogP contribution in [0.25, 0.3) is 0 Å². The molecule has 8 heteroatoms. The third-order valence-corrected chi connectivity index (χ3v) is 4.26. The van der Waals surface area contributed by atoms with Gasteiger partial charge in [-0.05, 0) is 23.3 Å².